The number of benzene rings is 1. The van der Waals surface area contributed by atoms with E-state index in [-0.39, 0.29) is 10.6 Å². The van der Waals surface area contributed by atoms with Gasteiger partial charge in [-0.2, -0.15) is 5.10 Å². The van der Waals surface area contributed by atoms with E-state index in [0.717, 1.165) is 6.54 Å². The maximum absolute atomic E-state index is 11.2. The summed E-state index contributed by atoms with van der Waals surface area (Å²) in [7, 11) is -3.82. The molecule has 7 nitrogen and oxygen atoms in total. The predicted molar refractivity (Wildman–Crippen MR) is 70.2 cm³/mol. The smallest absolute Gasteiger partial charge is 0.240 e. The largest absolute Gasteiger partial charge is 0.454 e. The van der Waals surface area contributed by atoms with Crippen LogP contribution in [-0.4, -0.2) is 18.2 Å². The van der Waals surface area contributed by atoms with Crippen LogP contribution in [0.5, 0.6) is 11.5 Å². The number of hydrogen-bond acceptors (Lipinski definition) is 5. The van der Waals surface area contributed by atoms with Crippen LogP contribution >= 0.6 is 0 Å². The molecule has 1 aromatic carbocycles. The van der Waals surface area contributed by atoms with Crippen LogP contribution in [-0.2, 0) is 16.6 Å². The summed E-state index contributed by atoms with van der Waals surface area (Å²) in [5, 5.41) is 9.07. The van der Waals surface area contributed by atoms with Gasteiger partial charge in [-0.15, -0.1) is 0 Å². The Morgan fingerprint density at radius 1 is 1.37 bits per heavy atom. The molecule has 0 aliphatic heterocycles. The fourth-order valence-electron chi connectivity index (χ4n) is 1.56. The summed E-state index contributed by atoms with van der Waals surface area (Å²) < 4.78 is 29.6. The number of sulfonamides is 1. The van der Waals surface area contributed by atoms with Gasteiger partial charge >= 0.3 is 0 Å². The van der Waals surface area contributed by atoms with Gasteiger partial charge in [0, 0.05) is 12.6 Å². The van der Waals surface area contributed by atoms with Crippen LogP contribution in [0.3, 0.4) is 0 Å². The molecular weight excluding hydrogens is 268 g/mol. The van der Waals surface area contributed by atoms with Crippen molar-refractivity contribution in [3.05, 3.63) is 30.6 Å². The van der Waals surface area contributed by atoms with Crippen molar-refractivity contribution in [1.29, 1.82) is 0 Å². The number of aromatic nitrogens is 2. The first-order valence-corrected chi connectivity index (χ1v) is 7.07. The summed E-state index contributed by atoms with van der Waals surface area (Å²) in [6.07, 6.45) is 3.29. The second kappa shape index (κ2) is 4.90. The van der Waals surface area contributed by atoms with Crippen molar-refractivity contribution in [1.82, 2.24) is 9.78 Å². The Kier molecular flexibility index (Phi) is 3.45. The molecule has 8 heteroatoms. The van der Waals surface area contributed by atoms with Crippen LogP contribution < -0.4 is 15.6 Å². The molecule has 2 aromatic rings. The fraction of sp³-hybridized carbons (Fsp3) is 0.182. The Morgan fingerprint density at radius 3 is 2.63 bits per heavy atom. The summed E-state index contributed by atoms with van der Waals surface area (Å²) in [5.74, 6) is 0.963. The Morgan fingerprint density at radius 2 is 2.11 bits per heavy atom. The molecule has 0 amide bonds. The maximum Gasteiger partial charge on any atom is 0.240 e. The molecule has 0 spiro atoms. The normalized spacial score (nSPS) is 11.5. The molecule has 0 aliphatic rings. The van der Waals surface area contributed by atoms with Crippen molar-refractivity contribution < 1.29 is 13.2 Å². The average molecular weight is 282 g/mol. The predicted octanol–water partition coefficient (Wildman–Crippen LogP) is 0.925. The summed E-state index contributed by atoms with van der Waals surface area (Å²) in [4.78, 5) is -0.121. The van der Waals surface area contributed by atoms with Crippen molar-refractivity contribution >= 4 is 15.7 Å². The van der Waals surface area contributed by atoms with Gasteiger partial charge in [0.25, 0.3) is 0 Å². The van der Waals surface area contributed by atoms with Crippen molar-refractivity contribution in [2.75, 3.05) is 5.73 Å². The highest BCUT2D eigenvalue weighted by Gasteiger charge is 2.13. The number of nitrogens with zero attached hydrogens (tertiary/aromatic N) is 2. The SMILES string of the molecule is CCn1cc(Oc2ccc(S(N)(=O)=O)c(N)c2)cn1. The molecule has 2 rings (SSSR count). The molecule has 102 valence electrons. The minimum atomic E-state index is -3.82. The third kappa shape index (κ3) is 3.04. The standard InChI is InChI=1S/C11H14N4O3S/c1-2-15-7-9(6-14-15)18-8-3-4-11(10(12)5-8)19(13,16)17/h3-7H,2,12H2,1H3,(H2,13,16,17). The molecule has 0 saturated carbocycles. The fourth-order valence-corrected chi connectivity index (χ4v) is 2.20. The second-order valence-electron chi connectivity index (χ2n) is 3.88. The second-order valence-corrected chi connectivity index (χ2v) is 5.41. The third-order valence-corrected chi connectivity index (χ3v) is 3.44. The number of primary sulfonamides is 1. The molecule has 0 unspecified atom stereocenters. The molecule has 19 heavy (non-hydrogen) atoms. The number of nitrogens with two attached hydrogens (primary N) is 2. The molecule has 4 N–H and O–H groups in total. The number of anilines is 1. The van der Waals surface area contributed by atoms with Gasteiger partial charge in [-0.3, -0.25) is 4.68 Å². The average Bonchev–Trinajstić information content (AvgIpc) is 2.75. The molecular formula is C11H14N4O3S. The number of nitrogen functional groups attached to an aromatic ring is 1. The van der Waals surface area contributed by atoms with E-state index in [1.807, 2.05) is 6.92 Å². The van der Waals surface area contributed by atoms with Crippen molar-refractivity contribution in [3.8, 4) is 11.5 Å². The molecule has 0 bridgehead atoms. The van der Waals surface area contributed by atoms with Gasteiger partial charge in [-0.1, -0.05) is 0 Å². The summed E-state index contributed by atoms with van der Waals surface area (Å²) in [6.45, 7) is 2.69. The zero-order valence-electron chi connectivity index (χ0n) is 10.3. The van der Waals surface area contributed by atoms with E-state index in [2.05, 4.69) is 5.10 Å². The van der Waals surface area contributed by atoms with Crippen molar-refractivity contribution in [3.63, 3.8) is 0 Å². The van der Waals surface area contributed by atoms with Gasteiger partial charge in [0.2, 0.25) is 10.0 Å². The van der Waals surface area contributed by atoms with E-state index < -0.39 is 10.0 Å². The minimum Gasteiger partial charge on any atom is -0.454 e. The lowest BCUT2D eigenvalue weighted by atomic mass is 10.3. The molecule has 0 aliphatic carbocycles. The summed E-state index contributed by atoms with van der Waals surface area (Å²) >= 11 is 0. The zero-order valence-corrected chi connectivity index (χ0v) is 11.1. The summed E-state index contributed by atoms with van der Waals surface area (Å²) in [5.41, 5.74) is 5.68. The van der Waals surface area contributed by atoms with Crippen LogP contribution in [0.2, 0.25) is 0 Å². The Bertz CT molecular complexity index is 694. The number of hydrogen-bond donors (Lipinski definition) is 2. The van der Waals surface area contributed by atoms with E-state index in [1.54, 1.807) is 17.1 Å². The molecule has 0 radical (unpaired) electrons. The first-order valence-electron chi connectivity index (χ1n) is 5.53. The van der Waals surface area contributed by atoms with Gasteiger partial charge in [0.1, 0.15) is 10.6 Å². The monoisotopic (exact) mass is 282 g/mol. The first kappa shape index (κ1) is 13.4. The topological polar surface area (TPSA) is 113 Å². The van der Waals surface area contributed by atoms with Crippen LogP contribution in [0.4, 0.5) is 5.69 Å². The highest BCUT2D eigenvalue weighted by molar-refractivity contribution is 7.89. The first-order chi connectivity index (χ1) is 8.90. The Balaban J connectivity index is 2.25. The van der Waals surface area contributed by atoms with E-state index in [9.17, 15) is 8.42 Å². The van der Waals surface area contributed by atoms with Crippen LogP contribution in [0, 0.1) is 0 Å². The Hall–Kier alpha value is -2.06. The Labute approximate surface area is 110 Å². The van der Waals surface area contributed by atoms with Crippen LogP contribution in [0.15, 0.2) is 35.5 Å². The van der Waals surface area contributed by atoms with Crippen LogP contribution in [0.1, 0.15) is 6.92 Å². The van der Waals surface area contributed by atoms with Gasteiger partial charge in [-0.05, 0) is 19.1 Å². The quantitative estimate of drug-likeness (QED) is 0.810. The van der Waals surface area contributed by atoms with E-state index in [4.69, 9.17) is 15.6 Å². The lowest BCUT2D eigenvalue weighted by Gasteiger charge is -2.07. The molecule has 1 aromatic heterocycles. The number of rotatable bonds is 4. The van der Waals surface area contributed by atoms with Gasteiger partial charge in [-0.25, -0.2) is 13.6 Å². The molecule has 0 saturated heterocycles. The lowest BCUT2D eigenvalue weighted by Crippen LogP contribution is -2.14. The van der Waals surface area contributed by atoms with E-state index >= 15 is 0 Å². The minimum absolute atomic E-state index is 0.0443. The zero-order chi connectivity index (χ0) is 14.0. The van der Waals surface area contributed by atoms with Gasteiger partial charge in [0.15, 0.2) is 5.75 Å². The third-order valence-electron chi connectivity index (χ3n) is 2.46. The molecule has 0 fully saturated rings. The van der Waals surface area contributed by atoms with E-state index in [0.29, 0.717) is 11.5 Å². The number of aryl methyl sites for hydroxylation is 1. The molecule has 0 atom stereocenters. The highest BCUT2D eigenvalue weighted by atomic mass is 32.2. The van der Waals surface area contributed by atoms with Crippen molar-refractivity contribution in [2.45, 2.75) is 18.4 Å². The molecule has 1 heterocycles. The van der Waals surface area contributed by atoms with Gasteiger partial charge in [0.05, 0.1) is 18.1 Å². The van der Waals surface area contributed by atoms with E-state index in [1.165, 1.54) is 18.2 Å². The maximum atomic E-state index is 11.2. The highest BCUT2D eigenvalue weighted by Crippen LogP contribution is 2.26. The van der Waals surface area contributed by atoms with Gasteiger partial charge < -0.3 is 10.5 Å². The number of ether oxygens (including phenoxy) is 1. The summed E-state index contributed by atoms with van der Waals surface area (Å²) in [6, 6.07) is 4.20. The van der Waals surface area contributed by atoms with Crippen LogP contribution in [0.25, 0.3) is 0 Å². The lowest BCUT2D eigenvalue weighted by molar-refractivity contribution is 0.481. The van der Waals surface area contributed by atoms with Crippen molar-refractivity contribution in [2.24, 2.45) is 5.14 Å².